The number of fused-ring (bicyclic) bond motifs is 3. The number of rotatable bonds is 1. The number of hydrogen-bond donors (Lipinski definition) is 0. The van der Waals surface area contributed by atoms with Gasteiger partial charge in [0.2, 0.25) is 0 Å². The van der Waals surface area contributed by atoms with Crippen LogP contribution in [0.25, 0.3) is 27.1 Å². The Hall–Kier alpha value is -2.53. The Morgan fingerprint density at radius 2 is 1.82 bits per heavy atom. The fourth-order valence-corrected chi connectivity index (χ4v) is 3.67. The molecule has 3 aromatic heterocycles. The molecule has 1 aromatic carbocycles. The summed E-state index contributed by atoms with van der Waals surface area (Å²) >= 11 is 1.35. The van der Waals surface area contributed by atoms with E-state index in [9.17, 15) is 4.79 Å². The van der Waals surface area contributed by atoms with Crippen molar-refractivity contribution in [2.24, 2.45) is 0 Å². The van der Waals surface area contributed by atoms with Crippen molar-refractivity contribution in [1.82, 2.24) is 13.8 Å². The Balaban J connectivity index is 2.10. The lowest BCUT2D eigenvalue weighted by molar-refractivity contribution is 1.11. The molecule has 0 aliphatic rings. The monoisotopic (exact) mass is 307 g/mol. The predicted octanol–water partition coefficient (Wildman–Crippen LogP) is 3.59. The van der Waals surface area contributed by atoms with Crippen LogP contribution in [0.1, 0.15) is 11.3 Å². The van der Waals surface area contributed by atoms with E-state index < -0.39 is 0 Å². The van der Waals surface area contributed by atoms with Gasteiger partial charge in [-0.05, 0) is 37.0 Å². The summed E-state index contributed by atoms with van der Waals surface area (Å²) in [5.74, 6) is 0. The summed E-state index contributed by atoms with van der Waals surface area (Å²) in [4.78, 5) is 22.2. The van der Waals surface area contributed by atoms with Crippen LogP contribution in [0.3, 0.4) is 0 Å². The topological polar surface area (TPSA) is 47.3 Å². The van der Waals surface area contributed by atoms with Gasteiger partial charge in [-0.25, -0.2) is 13.8 Å². The van der Waals surface area contributed by atoms with Gasteiger partial charge in [-0.2, -0.15) is 0 Å². The lowest BCUT2D eigenvalue weighted by atomic mass is 10.1. The van der Waals surface area contributed by atoms with Crippen molar-refractivity contribution in [3.05, 3.63) is 64.1 Å². The number of aryl methyl sites for hydroxylation is 2. The van der Waals surface area contributed by atoms with Crippen molar-refractivity contribution in [3.63, 3.8) is 0 Å². The first-order valence-electron chi connectivity index (χ1n) is 7.00. The van der Waals surface area contributed by atoms with Gasteiger partial charge in [-0.3, -0.25) is 4.79 Å². The minimum absolute atomic E-state index is 0.0499. The molecule has 0 saturated heterocycles. The summed E-state index contributed by atoms with van der Waals surface area (Å²) in [7, 11) is 0. The number of pyridine rings is 1. The fraction of sp³-hybridized carbons (Fsp3) is 0.118. The van der Waals surface area contributed by atoms with E-state index >= 15 is 0 Å². The normalized spacial score (nSPS) is 11.4. The van der Waals surface area contributed by atoms with Crippen molar-refractivity contribution in [1.29, 1.82) is 0 Å². The smallest absolute Gasteiger partial charge is 0.267 e. The second-order valence-electron chi connectivity index (χ2n) is 5.32. The van der Waals surface area contributed by atoms with E-state index in [1.807, 2.05) is 44.2 Å². The van der Waals surface area contributed by atoms with Crippen molar-refractivity contribution in [3.8, 4) is 11.3 Å². The molecule has 0 fully saturated rings. The SMILES string of the molecule is Cc1cc(=O)n2sc3nc(-c4ccccc4)cc(C)c3c2n1. The zero-order valence-corrected chi connectivity index (χ0v) is 13.0. The summed E-state index contributed by atoms with van der Waals surface area (Å²) in [5.41, 5.74) is 4.46. The Kier molecular flexibility index (Phi) is 2.84. The van der Waals surface area contributed by atoms with E-state index in [0.717, 1.165) is 32.7 Å². The number of hydrogen-bond acceptors (Lipinski definition) is 4. The molecule has 0 radical (unpaired) electrons. The van der Waals surface area contributed by atoms with Gasteiger partial charge in [0.15, 0.2) is 5.65 Å². The van der Waals surface area contributed by atoms with Crippen LogP contribution in [0.4, 0.5) is 0 Å². The zero-order valence-electron chi connectivity index (χ0n) is 12.2. The quantitative estimate of drug-likeness (QED) is 0.540. The summed E-state index contributed by atoms with van der Waals surface area (Å²) in [6, 6.07) is 13.7. The van der Waals surface area contributed by atoms with Crippen molar-refractivity contribution >= 4 is 27.4 Å². The molecule has 0 unspecified atom stereocenters. The van der Waals surface area contributed by atoms with E-state index in [4.69, 9.17) is 4.98 Å². The molecule has 4 rings (SSSR count). The van der Waals surface area contributed by atoms with Gasteiger partial charge in [0.05, 0.1) is 11.1 Å². The first kappa shape index (κ1) is 13.2. The third-order valence-electron chi connectivity index (χ3n) is 3.66. The Bertz CT molecular complexity index is 1060. The van der Waals surface area contributed by atoms with Crippen molar-refractivity contribution in [2.45, 2.75) is 13.8 Å². The average molecular weight is 307 g/mol. The summed E-state index contributed by atoms with van der Waals surface area (Å²) in [6.45, 7) is 3.88. The van der Waals surface area contributed by atoms with E-state index in [2.05, 4.69) is 11.1 Å². The third kappa shape index (κ3) is 1.94. The van der Waals surface area contributed by atoms with Crippen molar-refractivity contribution < 1.29 is 0 Å². The lowest BCUT2D eigenvalue weighted by Gasteiger charge is -2.03. The average Bonchev–Trinajstić information content (AvgIpc) is 2.87. The second kappa shape index (κ2) is 4.74. The molecule has 4 nitrogen and oxygen atoms in total. The summed E-state index contributed by atoms with van der Waals surface area (Å²) < 4.78 is 1.62. The van der Waals surface area contributed by atoms with Crippen LogP contribution in [0.5, 0.6) is 0 Å². The maximum Gasteiger partial charge on any atom is 0.267 e. The van der Waals surface area contributed by atoms with Gasteiger partial charge < -0.3 is 0 Å². The van der Waals surface area contributed by atoms with Gasteiger partial charge >= 0.3 is 0 Å². The van der Waals surface area contributed by atoms with Gasteiger partial charge in [0.1, 0.15) is 4.83 Å². The third-order valence-corrected chi connectivity index (χ3v) is 4.67. The number of aromatic nitrogens is 3. The molecule has 0 amide bonds. The van der Waals surface area contributed by atoms with Crippen LogP contribution >= 0.6 is 11.5 Å². The second-order valence-corrected chi connectivity index (χ2v) is 6.25. The van der Waals surface area contributed by atoms with Gasteiger partial charge in [-0.15, -0.1) is 0 Å². The highest BCUT2D eigenvalue weighted by atomic mass is 32.1. The zero-order chi connectivity index (χ0) is 15.3. The minimum Gasteiger partial charge on any atom is -0.268 e. The van der Waals surface area contributed by atoms with Crippen LogP contribution < -0.4 is 5.56 Å². The fourth-order valence-electron chi connectivity index (χ4n) is 2.66. The summed E-state index contributed by atoms with van der Waals surface area (Å²) in [6.07, 6.45) is 0. The van der Waals surface area contributed by atoms with Gasteiger partial charge in [0, 0.05) is 17.3 Å². The van der Waals surface area contributed by atoms with Crippen LogP contribution in [0, 0.1) is 13.8 Å². The molecule has 4 aromatic rings. The molecule has 0 N–H and O–H groups in total. The molecule has 3 heterocycles. The molecule has 108 valence electrons. The minimum atomic E-state index is -0.0499. The Morgan fingerprint density at radius 3 is 2.59 bits per heavy atom. The molecular weight excluding hydrogens is 294 g/mol. The number of nitrogens with zero attached hydrogens (tertiary/aromatic N) is 3. The molecule has 0 saturated carbocycles. The van der Waals surface area contributed by atoms with E-state index in [1.54, 1.807) is 9.86 Å². The molecule has 22 heavy (non-hydrogen) atoms. The molecule has 0 aliphatic carbocycles. The highest BCUT2D eigenvalue weighted by Gasteiger charge is 2.14. The van der Waals surface area contributed by atoms with Crippen LogP contribution in [0.15, 0.2) is 47.3 Å². The summed E-state index contributed by atoms with van der Waals surface area (Å²) in [5, 5.41) is 0.963. The molecule has 0 aliphatic heterocycles. The van der Waals surface area contributed by atoms with Crippen LogP contribution in [0.2, 0.25) is 0 Å². The maximum atomic E-state index is 12.1. The van der Waals surface area contributed by atoms with Gasteiger partial charge in [-0.1, -0.05) is 30.3 Å². The Labute approximate surface area is 130 Å². The van der Waals surface area contributed by atoms with Gasteiger partial charge in [0.25, 0.3) is 5.56 Å². The molecule has 0 spiro atoms. The maximum absolute atomic E-state index is 12.1. The highest BCUT2D eigenvalue weighted by molar-refractivity contribution is 7.14. The largest absolute Gasteiger partial charge is 0.268 e. The molecule has 5 heteroatoms. The lowest BCUT2D eigenvalue weighted by Crippen LogP contribution is -2.10. The highest BCUT2D eigenvalue weighted by Crippen LogP contribution is 2.29. The van der Waals surface area contributed by atoms with Crippen molar-refractivity contribution in [2.75, 3.05) is 0 Å². The molecule has 0 atom stereocenters. The van der Waals surface area contributed by atoms with E-state index in [0.29, 0.717) is 5.65 Å². The van der Waals surface area contributed by atoms with E-state index in [1.165, 1.54) is 11.5 Å². The molecular formula is C17H13N3OS. The Morgan fingerprint density at radius 1 is 1.05 bits per heavy atom. The first-order valence-corrected chi connectivity index (χ1v) is 7.77. The number of benzene rings is 1. The first-order chi connectivity index (χ1) is 10.6. The standard InChI is InChI=1S/C17H13N3OS/c1-10-8-13(12-6-4-3-5-7-12)19-17-15(10)16-18-11(2)9-14(21)20(16)22-17/h3-9H,1-2H3. The van der Waals surface area contributed by atoms with E-state index in [-0.39, 0.29) is 5.56 Å². The molecule has 0 bridgehead atoms. The van der Waals surface area contributed by atoms with Crippen LogP contribution in [-0.4, -0.2) is 13.8 Å². The predicted molar refractivity (Wildman–Crippen MR) is 89.6 cm³/mol. The van der Waals surface area contributed by atoms with Crippen LogP contribution in [-0.2, 0) is 0 Å².